The number of aromatic nitrogens is 2. The Hall–Kier alpha value is -1.99. The summed E-state index contributed by atoms with van der Waals surface area (Å²) in [6.45, 7) is 0.471. The minimum absolute atomic E-state index is 0.126. The van der Waals surface area contributed by atoms with Crippen molar-refractivity contribution < 1.29 is 9.34 Å². The molecule has 20 heavy (non-hydrogen) atoms. The molecule has 1 aromatic carbocycles. The van der Waals surface area contributed by atoms with Crippen molar-refractivity contribution in [1.82, 2.24) is 15.5 Å². The van der Waals surface area contributed by atoms with Gasteiger partial charge in [0.05, 0.1) is 11.5 Å². The van der Waals surface area contributed by atoms with E-state index in [1.54, 1.807) is 6.07 Å². The van der Waals surface area contributed by atoms with Crippen molar-refractivity contribution in [2.24, 2.45) is 0 Å². The number of nitrogens with zero attached hydrogens (tertiary/aromatic N) is 3. The average Bonchev–Trinajstić information content (AvgIpc) is 3.14. The van der Waals surface area contributed by atoms with E-state index in [2.05, 4.69) is 15.5 Å². The summed E-state index contributed by atoms with van der Waals surface area (Å²) in [7, 11) is 0. The van der Waals surface area contributed by atoms with Crippen molar-refractivity contribution in [3.63, 3.8) is 0 Å². The van der Waals surface area contributed by atoms with Gasteiger partial charge in [0.1, 0.15) is 5.56 Å². The third-order valence-electron chi connectivity index (χ3n) is 2.97. The molecule has 0 radical (unpaired) electrons. The molecular weight excluding hydrogens is 284 g/mol. The predicted octanol–water partition coefficient (Wildman–Crippen LogP) is 2.55. The third-order valence-corrected chi connectivity index (χ3v) is 3.21. The molecule has 1 aliphatic rings. The van der Waals surface area contributed by atoms with Crippen LogP contribution in [0.2, 0.25) is 5.02 Å². The summed E-state index contributed by atoms with van der Waals surface area (Å²) in [6.07, 6.45) is 2.31. The monoisotopic (exact) mass is 294 g/mol. The molecule has 2 aromatic rings. The zero-order valence-corrected chi connectivity index (χ0v) is 11.1. The van der Waals surface area contributed by atoms with Crippen LogP contribution in [0.1, 0.15) is 18.7 Å². The highest BCUT2D eigenvalue weighted by Gasteiger charge is 2.23. The van der Waals surface area contributed by atoms with Gasteiger partial charge in [-0.1, -0.05) is 11.6 Å². The number of rotatable bonds is 5. The SMILES string of the molecule is O=[N+]([O-])c1cc(Cl)ccc1-c1nnc(CNC2CC2)o1. The second kappa shape index (κ2) is 5.18. The Kier molecular flexibility index (Phi) is 3.37. The number of halogens is 1. The molecule has 8 heteroatoms. The van der Waals surface area contributed by atoms with E-state index in [1.165, 1.54) is 12.1 Å². The molecule has 7 nitrogen and oxygen atoms in total. The van der Waals surface area contributed by atoms with Gasteiger partial charge in [-0.15, -0.1) is 10.2 Å². The lowest BCUT2D eigenvalue weighted by Crippen LogP contribution is -2.15. The Balaban J connectivity index is 1.86. The number of nitrogens with one attached hydrogen (secondary N) is 1. The first-order chi connectivity index (χ1) is 9.63. The summed E-state index contributed by atoms with van der Waals surface area (Å²) in [5.41, 5.74) is 0.118. The quantitative estimate of drug-likeness (QED) is 0.672. The summed E-state index contributed by atoms with van der Waals surface area (Å²) in [5.74, 6) is 0.539. The Morgan fingerprint density at radius 1 is 1.45 bits per heavy atom. The molecule has 1 heterocycles. The van der Waals surface area contributed by atoms with Crippen LogP contribution in [0.25, 0.3) is 11.5 Å². The van der Waals surface area contributed by atoms with Crippen molar-refractivity contribution in [2.45, 2.75) is 25.4 Å². The van der Waals surface area contributed by atoms with Crippen molar-refractivity contribution in [1.29, 1.82) is 0 Å². The molecule has 1 saturated carbocycles. The van der Waals surface area contributed by atoms with E-state index >= 15 is 0 Å². The smallest absolute Gasteiger partial charge is 0.283 e. The highest BCUT2D eigenvalue weighted by Crippen LogP contribution is 2.31. The van der Waals surface area contributed by atoms with Crippen LogP contribution in [-0.2, 0) is 6.54 Å². The molecule has 1 aromatic heterocycles. The van der Waals surface area contributed by atoms with E-state index in [9.17, 15) is 10.1 Å². The summed E-state index contributed by atoms with van der Waals surface area (Å²) < 4.78 is 5.45. The molecule has 0 spiro atoms. The Morgan fingerprint density at radius 3 is 2.95 bits per heavy atom. The molecule has 0 aliphatic heterocycles. The minimum atomic E-state index is -0.520. The number of nitro benzene ring substituents is 1. The van der Waals surface area contributed by atoms with Gasteiger partial charge in [-0.25, -0.2) is 0 Å². The molecule has 3 rings (SSSR count). The van der Waals surface area contributed by atoms with Crippen LogP contribution < -0.4 is 5.32 Å². The maximum Gasteiger partial charge on any atom is 0.283 e. The van der Waals surface area contributed by atoms with E-state index in [4.69, 9.17) is 16.0 Å². The normalized spacial score (nSPS) is 14.4. The molecule has 0 atom stereocenters. The van der Waals surface area contributed by atoms with Gasteiger partial charge in [-0.3, -0.25) is 10.1 Å². The summed E-state index contributed by atoms with van der Waals surface area (Å²) in [5, 5.41) is 22.3. The van der Waals surface area contributed by atoms with E-state index < -0.39 is 4.92 Å². The van der Waals surface area contributed by atoms with E-state index in [0.717, 1.165) is 12.8 Å². The van der Waals surface area contributed by atoms with Gasteiger partial charge in [-0.05, 0) is 25.0 Å². The van der Waals surface area contributed by atoms with Crippen LogP contribution >= 0.6 is 11.6 Å². The highest BCUT2D eigenvalue weighted by atomic mass is 35.5. The van der Waals surface area contributed by atoms with Crippen molar-refractivity contribution >= 4 is 17.3 Å². The van der Waals surface area contributed by atoms with Gasteiger partial charge in [0.25, 0.3) is 11.6 Å². The summed E-state index contributed by atoms with van der Waals surface area (Å²) in [4.78, 5) is 10.5. The van der Waals surface area contributed by atoms with Gasteiger partial charge in [0.15, 0.2) is 0 Å². The van der Waals surface area contributed by atoms with Crippen molar-refractivity contribution in [2.75, 3.05) is 0 Å². The van der Waals surface area contributed by atoms with Crippen LogP contribution in [-0.4, -0.2) is 21.2 Å². The third kappa shape index (κ3) is 2.78. The first-order valence-corrected chi connectivity index (χ1v) is 6.51. The fourth-order valence-corrected chi connectivity index (χ4v) is 1.96. The summed E-state index contributed by atoms with van der Waals surface area (Å²) >= 11 is 5.76. The Morgan fingerprint density at radius 2 is 2.25 bits per heavy atom. The van der Waals surface area contributed by atoms with Crippen molar-refractivity contribution in [3.8, 4) is 11.5 Å². The predicted molar refractivity (Wildman–Crippen MR) is 71.3 cm³/mol. The second-order valence-corrected chi connectivity index (χ2v) is 5.01. The van der Waals surface area contributed by atoms with Crippen LogP contribution in [0.5, 0.6) is 0 Å². The zero-order chi connectivity index (χ0) is 14.1. The fraction of sp³-hybridized carbons (Fsp3) is 0.333. The average molecular weight is 295 g/mol. The standard InChI is InChI=1S/C12H11ClN4O3/c13-7-1-4-9(10(5-7)17(18)19)12-16-15-11(20-12)6-14-8-2-3-8/h1,4-5,8,14H,2-3,6H2. The van der Waals surface area contributed by atoms with Crippen LogP contribution in [0.3, 0.4) is 0 Å². The van der Waals surface area contributed by atoms with Gasteiger partial charge in [0.2, 0.25) is 5.89 Å². The lowest BCUT2D eigenvalue weighted by molar-refractivity contribution is -0.384. The maximum atomic E-state index is 11.0. The number of nitro groups is 1. The second-order valence-electron chi connectivity index (χ2n) is 4.57. The first kappa shape index (κ1) is 13.0. The van der Waals surface area contributed by atoms with Gasteiger partial charge in [-0.2, -0.15) is 0 Å². The maximum absolute atomic E-state index is 11.0. The van der Waals surface area contributed by atoms with Crippen LogP contribution in [0, 0.1) is 10.1 Å². The topological polar surface area (TPSA) is 94.1 Å². The minimum Gasteiger partial charge on any atom is -0.419 e. The number of hydrogen-bond donors (Lipinski definition) is 1. The van der Waals surface area contributed by atoms with E-state index in [-0.39, 0.29) is 22.2 Å². The largest absolute Gasteiger partial charge is 0.419 e. The Labute approximate surface area is 119 Å². The first-order valence-electron chi connectivity index (χ1n) is 6.13. The lowest BCUT2D eigenvalue weighted by Gasteiger charge is -1.99. The van der Waals surface area contributed by atoms with E-state index in [0.29, 0.717) is 18.5 Å². The van der Waals surface area contributed by atoms with Crippen molar-refractivity contribution in [3.05, 3.63) is 39.2 Å². The molecule has 104 valence electrons. The summed E-state index contributed by atoms with van der Waals surface area (Å²) in [6, 6.07) is 4.85. The Bertz CT molecular complexity index is 654. The van der Waals surface area contributed by atoms with E-state index in [1.807, 2.05) is 0 Å². The fourth-order valence-electron chi connectivity index (χ4n) is 1.79. The highest BCUT2D eigenvalue weighted by molar-refractivity contribution is 6.30. The molecule has 0 unspecified atom stereocenters. The zero-order valence-electron chi connectivity index (χ0n) is 10.4. The van der Waals surface area contributed by atoms with Crippen LogP contribution in [0.15, 0.2) is 22.6 Å². The molecule has 0 bridgehead atoms. The molecule has 1 fully saturated rings. The number of hydrogen-bond acceptors (Lipinski definition) is 6. The van der Waals surface area contributed by atoms with Gasteiger partial charge >= 0.3 is 0 Å². The number of benzene rings is 1. The van der Waals surface area contributed by atoms with Crippen LogP contribution in [0.4, 0.5) is 5.69 Å². The van der Waals surface area contributed by atoms with Gasteiger partial charge in [0, 0.05) is 17.1 Å². The lowest BCUT2D eigenvalue weighted by atomic mass is 10.2. The molecule has 1 aliphatic carbocycles. The van der Waals surface area contributed by atoms with Gasteiger partial charge < -0.3 is 9.73 Å². The molecular formula is C12H11ClN4O3. The molecule has 0 amide bonds. The molecule has 1 N–H and O–H groups in total. The molecule has 0 saturated heterocycles.